The van der Waals surface area contributed by atoms with Crippen LogP contribution in [0, 0.1) is 12.7 Å². The SMILES string of the molecule is C=CN(C)C(/N=C\C)N1CCCCC1.CC.CC=O.CCc1nc(-c2ccc(Cl)c(C)c2)cn1-c1ccc(F)cc1. The van der Waals surface area contributed by atoms with Crippen molar-refractivity contribution >= 4 is 24.1 Å². The van der Waals surface area contributed by atoms with Crippen molar-refractivity contribution in [1.82, 2.24) is 19.4 Å². The molecule has 1 aliphatic rings. The summed E-state index contributed by atoms with van der Waals surface area (Å²) >= 11 is 6.08. The van der Waals surface area contributed by atoms with Gasteiger partial charge in [-0.15, -0.1) is 0 Å². The predicted molar refractivity (Wildman–Crippen MR) is 173 cm³/mol. The highest BCUT2D eigenvalue weighted by Crippen LogP contribution is 2.26. The Morgan fingerprint density at radius 2 is 1.73 bits per heavy atom. The summed E-state index contributed by atoms with van der Waals surface area (Å²) in [6.07, 6.45) is 11.3. The zero-order valence-electron chi connectivity index (χ0n) is 25.8. The summed E-state index contributed by atoms with van der Waals surface area (Å²) in [5.74, 6) is 0.699. The van der Waals surface area contributed by atoms with Gasteiger partial charge in [0, 0.05) is 49.0 Å². The molecule has 0 N–H and O–H groups in total. The van der Waals surface area contributed by atoms with E-state index in [0.717, 1.165) is 59.2 Å². The maximum absolute atomic E-state index is 13.1. The van der Waals surface area contributed by atoms with Gasteiger partial charge in [0.25, 0.3) is 0 Å². The van der Waals surface area contributed by atoms with E-state index in [-0.39, 0.29) is 12.1 Å². The van der Waals surface area contributed by atoms with E-state index >= 15 is 0 Å². The molecule has 224 valence electrons. The molecule has 1 aromatic heterocycles. The van der Waals surface area contributed by atoms with Crippen molar-refractivity contribution in [3.8, 4) is 16.9 Å². The number of piperidine rings is 1. The second kappa shape index (κ2) is 19.7. The number of aryl methyl sites for hydroxylation is 2. The summed E-state index contributed by atoms with van der Waals surface area (Å²) in [5.41, 5.74) is 3.84. The molecule has 1 unspecified atom stereocenters. The maximum Gasteiger partial charge on any atom is 0.177 e. The molecule has 0 amide bonds. The first-order valence-corrected chi connectivity index (χ1v) is 14.7. The van der Waals surface area contributed by atoms with Crippen LogP contribution < -0.4 is 0 Å². The first kappa shape index (κ1) is 35.7. The van der Waals surface area contributed by atoms with E-state index in [2.05, 4.69) is 28.3 Å². The molecule has 0 radical (unpaired) electrons. The van der Waals surface area contributed by atoms with E-state index in [1.165, 1.54) is 38.3 Å². The molecule has 0 spiro atoms. The third-order valence-electron chi connectivity index (χ3n) is 6.31. The smallest absolute Gasteiger partial charge is 0.177 e. The van der Waals surface area contributed by atoms with Crippen molar-refractivity contribution in [1.29, 1.82) is 0 Å². The normalized spacial score (nSPS) is 13.5. The summed E-state index contributed by atoms with van der Waals surface area (Å²) < 4.78 is 15.1. The Morgan fingerprint density at radius 1 is 1.12 bits per heavy atom. The number of likely N-dealkylation sites (tertiary alicyclic amines) is 1. The van der Waals surface area contributed by atoms with Crippen LogP contribution in [-0.4, -0.2) is 58.3 Å². The number of imidazole rings is 1. The minimum Gasteiger partial charge on any atom is -0.348 e. The zero-order chi connectivity index (χ0) is 30.8. The second-order valence-corrected chi connectivity index (χ2v) is 9.55. The van der Waals surface area contributed by atoms with E-state index in [1.807, 2.05) is 76.1 Å². The molecule has 1 saturated heterocycles. The van der Waals surface area contributed by atoms with Crippen LogP contribution in [0.4, 0.5) is 4.39 Å². The lowest BCUT2D eigenvalue weighted by Crippen LogP contribution is -2.45. The third-order valence-corrected chi connectivity index (χ3v) is 6.73. The molecule has 1 atom stereocenters. The Morgan fingerprint density at radius 3 is 2.24 bits per heavy atom. The van der Waals surface area contributed by atoms with E-state index in [4.69, 9.17) is 21.4 Å². The number of hydrogen-bond donors (Lipinski definition) is 0. The highest BCUT2D eigenvalue weighted by Gasteiger charge is 2.20. The number of halogens is 2. The second-order valence-electron chi connectivity index (χ2n) is 9.14. The van der Waals surface area contributed by atoms with Gasteiger partial charge in [-0.25, -0.2) is 9.37 Å². The Bertz CT molecular complexity index is 1200. The van der Waals surface area contributed by atoms with Crippen molar-refractivity contribution in [3.05, 3.63) is 83.7 Å². The van der Waals surface area contributed by atoms with Crippen LogP contribution in [0.3, 0.4) is 0 Å². The molecule has 41 heavy (non-hydrogen) atoms. The number of carbonyl (C=O) groups is 1. The molecule has 0 bridgehead atoms. The van der Waals surface area contributed by atoms with E-state index in [9.17, 15) is 4.39 Å². The van der Waals surface area contributed by atoms with Crippen molar-refractivity contribution in [2.75, 3.05) is 20.1 Å². The zero-order valence-corrected chi connectivity index (χ0v) is 26.5. The molecule has 8 heteroatoms. The summed E-state index contributed by atoms with van der Waals surface area (Å²) in [4.78, 5) is 22.4. The number of hydrogen-bond acceptors (Lipinski definition) is 5. The van der Waals surface area contributed by atoms with Gasteiger partial charge in [-0.3, -0.25) is 9.89 Å². The molecule has 6 nitrogen and oxygen atoms in total. The fourth-order valence-corrected chi connectivity index (χ4v) is 4.39. The van der Waals surface area contributed by atoms with Crippen molar-refractivity contribution < 1.29 is 9.18 Å². The summed E-state index contributed by atoms with van der Waals surface area (Å²) in [7, 11) is 2.03. The van der Waals surface area contributed by atoms with Gasteiger partial charge in [0.2, 0.25) is 0 Å². The summed E-state index contributed by atoms with van der Waals surface area (Å²) in [6.45, 7) is 17.5. The molecule has 1 aliphatic heterocycles. The van der Waals surface area contributed by atoms with Crippen LogP contribution in [0.1, 0.15) is 65.3 Å². The number of rotatable bonds is 7. The van der Waals surface area contributed by atoms with Gasteiger partial charge in [0.05, 0.1) is 5.69 Å². The molecular formula is C33H47ClFN5O. The summed E-state index contributed by atoms with van der Waals surface area (Å²) in [6, 6.07) is 12.3. The van der Waals surface area contributed by atoms with Crippen LogP contribution >= 0.6 is 11.6 Å². The highest BCUT2D eigenvalue weighted by atomic mass is 35.5. The monoisotopic (exact) mass is 583 g/mol. The Hall–Kier alpha value is -3.29. The van der Waals surface area contributed by atoms with Crippen LogP contribution in [0.2, 0.25) is 5.02 Å². The first-order chi connectivity index (χ1) is 19.8. The summed E-state index contributed by atoms with van der Waals surface area (Å²) in [5, 5.41) is 0.748. The van der Waals surface area contributed by atoms with E-state index < -0.39 is 0 Å². The minimum atomic E-state index is -0.240. The lowest BCUT2D eigenvalue weighted by atomic mass is 10.1. The molecule has 2 aromatic carbocycles. The number of carbonyl (C=O) groups excluding carboxylic acids is 1. The Labute approximate surface area is 251 Å². The molecular weight excluding hydrogens is 537 g/mol. The maximum atomic E-state index is 13.1. The van der Waals surface area contributed by atoms with E-state index in [1.54, 1.807) is 12.1 Å². The first-order valence-electron chi connectivity index (χ1n) is 14.4. The van der Waals surface area contributed by atoms with Gasteiger partial charge in [-0.1, -0.05) is 51.4 Å². The van der Waals surface area contributed by atoms with Crippen molar-refractivity contribution in [3.63, 3.8) is 0 Å². The number of nitrogens with zero attached hydrogens (tertiary/aromatic N) is 5. The molecule has 3 aromatic rings. The predicted octanol–water partition coefficient (Wildman–Crippen LogP) is 8.36. The Kier molecular flexibility index (Phi) is 17.2. The molecule has 2 heterocycles. The van der Waals surface area contributed by atoms with Gasteiger partial charge < -0.3 is 14.3 Å². The van der Waals surface area contributed by atoms with Crippen molar-refractivity contribution in [2.45, 2.75) is 73.5 Å². The van der Waals surface area contributed by atoms with Crippen LogP contribution in [0.5, 0.6) is 0 Å². The van der Waals surface area contributed by atoms with E-state index in [0.29, 0.717) is 0 Å². The third kappa shape index (κ3) is 11.2. The molecule has 1 fully saturated rings. The number of benzene rings is 2. The minimum absolute atomic E-state index is 0.151. The Balaban J connectivity index is 0.000000381. The average molecular weight is 584 g/mol. The fourth-order valence-electron chi connectivity index (χ4n) is 4.27. The van der Waals surface area contributed by atoms with Gasteiger partial charge in [0.1, 0.15) is 17.9 Å². The topological polar surface area (TPSA) is 53.7 Å². The van der Waals surface area contributed by atoms with Gasteiger partial charge in [-0.2, -0.15) is 0 Å². The van der Waals surface area contributed by atoms with Crippen LogP contribution in [0.25, 0.3) is 16.9 Å². The largest absolute Gasteiger partial charge is 0.348 e. The molecule has 0 aliphatic carbocycles. The lowest BCUT2D eigenvalue weighted by molar-refractivity contribution is -0.106. The van der Waals surface area contributed by atoms with Crippen LogP contribution in [0.15, 0.2) is 66.4 Å². The fraction of sp³-hybridized carbons (Fsp3) is 0.424. The molecule has 4 rings (SSSR count). The highest BCUT2D eigenvalue weighted by molar-refractivity contribution is 6.31. The number of aliphatic imine (C=N–C) groups is 1. The van der Waals surface area contributed by atoms with Gasteiger partial charge >= 0.3 is 0 Å². The van der Waals surface area contributed by atoms with Gasteiger partial charge in [0.15, 0.2) is 6.29 Å². The number of aromatic nitrogens is 2. The standard InChI is InChI=1S/C18H16ClFN2.C11H21N3.C2H4O.C2H6/c1-3-18-21-17(13-4-9-16(19)12(2)10-13)11-22(18)15-7-5-14(20)6-8-15;1-4-12-11(13(3)5-2)14-9-7-6-8-10-14;1-2-3;1-2/h4-11H,3H2,1-2H3;4-5,11H,2,6-10H2,1,3H3;2H,1H3;1-2H3/b;12-4-;;. The van der Waals surface area contributed by atoms with Crippen LogP contribution in [-0.2, 0) is 11.2 Å². The average Bonchev–Trinajstić information content (AvgIpc) is 3.44. The lowest BCUT2D eigenvalue weighted by Gasteiger charge is -2.36. The van der Waals surface area contributed by atoms with Crippen molar-refractivity contribution in [2.24, 2.45) is 4.99 Å². The quantitative estimate of drug-likeness (QED) is 0.207. The molecule has 0 saturated carbocycles. The number of aldehydes is 1. The van der Waals surface area contributed by atoms with Gasteiger partial charge in [-0.05, 0) is 88.0 Å².